The molecule has 0 spiro atoms. The monoisotopic (exact) mass is 773 g/mol. The Balaban J connectivity index is 1.24. The van der Waals surface area contributed by atoms with Crippen LogP contribution in [-0.2, 0) is 0 Å². The molecule has 8 aromatic carbocycles. The topological polar surface area (TPSA) is 16.4 Å². The number of hydrogen-bond acceptors (Lipinski definition) is 2. The molecule has 0 unspecified atom stereocenters. The van der Waals surface area contributed by atoms with E-state index in [1.54, 1.807) is 17.0 Å². The Morgan fingerprint density at radius 3 is 1.23 bits per heavy atom. The minimum atomic E-state index is -0.00475. The summed E-state index contributed by atoms with van der Waals surface area (Å²) in [5, 5.41) is 2.76. The zero-order valence-electron chi connectivity index (χ0n) is 34.3. The van der Waals surface area contributed by atoms with E-state index in [2.05, 4.69) is 0 Å². The molecule has 0 amide bonds. The molecule has 0 N–H and O–H groups in total. The molecular formula is C46H15B16NO. The van der Waals surface area contributed by atoms with Crippen LogP contribution in [-0.4, -0.2) is 126 Å². The van der Waals surface area contributed by atoms with Crippen LogP contribution < -0.4 is 92.3 Å². The van der Waals surface area contributed by atoms with E-state index in [1.807, 2.05) is 78.9 Å². The van der Waals surface area contributed by atoms with Crippen LogP contribution in [0.1, 0.15) is 0 Å². The van der Waals surface area contributed by atoms with Gasteiger partial charge in [0.25, 0.3) is 0 Å². The molecule has 0 saturated carbocycles. The van der Waals surface area contributed by atoms with Crippen LogP contribution in [0.4, 0.5) is 17.1 Å². The Morgan fingerprint density at radius 2 is 0.688 bits per heavy atom. The third-order valence-electron chi connectivity index (χ3n) is 12.1. The molecule has 0 fully saturated rings. The third kappa shape index (κ3) is 6.63. The summed E-state index contributed by atoms with van der Waals surface area (Å²) in [6.45, 7) is 0. The summed E-state index contributed by atoms with van der Waals surface area (Å²) in [6, 6.07) is 29.0. The molecule has 32 radical (unpaired) electrons. The van der Waals surface area contributed by atoms with Crippen LogP contribution >= 0.6 is 0 Å². The standard InChI is InChI=1S/C46H15B16NO/c47-30-25(26-27(32(49)38(30)55)33(50)40(57)39(56)31(26)48)17-7-12-20(13-8-17)63(19-10-5-16(6-11-19)18-9-14-22-21-3-1-2-4-23(21)64-24(22)15-18)46-44(61)36(53)29(37(54)45(46)62)28-34(51)41(58)43(60)42(59)35(28)52/h1-15H. The van der Waals surface area contributed by atoms with E-state index in [4.69, 9.17) is 130 Å². The SMILES string of the molecule is [B]c1c([B])c([B])c(-c2c([B])c([B])c(N(c3ccc(-c4ccc5c(c4)oc4ccccc45)cc3)c3ccc(-c4c([B])c([B])c([B])c5c([B])c([B])c([B])c([B])c45)cc3)c([B])c2[B])c([B])c1[B]. The largest absolute Gasteiger partial charge is 0.456 e. The summed E-state index contributed by atoms with van der Waals surface area (Å²) in [5.41, 5.74) is 7.00. The van der Waals surface area contributed by atoms with Gasteiger partial charge in [-0.3, -0.25) is 0 Å². The van der Waals surface area contributed by atoms with Gasteiger partial charge >= 0.3 is 0 Å². The van der Waals surface area contributed by atoms with Gasteiger partial charge in [-0.1, -0.05) is 103 Å². The molecule has 258 valence electrons. The van der Waals surface area contributed by atoms with Gasteiger partial charge in [0.15, 0.2) is 0 Å². The number of nitrogens with zero attached hydrogens (tertiary/aromatic N) is 1. The van der Waals surface area contributed by atoms with Gasteiger partial charge in [-0.25, -0.2) is 0 Å². The molecule has 0 aliphatic carbocycles. The highest BCUT2D eigenvalue weighted by atomic mass is 16.3. The molecule has 9 rings (SSSR count). The van der Waals surface area contributed by atoms with E-state index >= 15 is 0 Å². The van der Waals surface area contributed by atoms with Gasteiger partial charge in [0.2, 0.25) is 0 Å². The number of benzene rings is 8. The first-order chi connectivity index (χ1) is 30.4. The van der Waals surface area contributed by atoms with Crippen LogP contribution in [0.5, 0.6) is 0 Å². The Kier molecular flexibility index (Phi) is 11.2. The molecule has 0 atom stereocenters. The highest BCUT2D eigenvalue weighted by molar-refractivity contribution is 6.73. The fraction of sp³-hybridized carbons (Fsp3) is 0. The minimum Gasteiger partial charge on any atom is -0.456 e. The normalized spacial score (nSPS) is 11.5. The Bertz CT molecular complexity index is 3390. The van der Waals surface area contributed by atoms with Crippen molar-refractivity contribution in [2.75, 3.05) is 4.90 Å². The van der Waals surface area contributed by atoms with Crippen molar-refractivity contribution in [1.29, 1.82) is 0 Å². The predicted octanol–water partition coefficient (Wildman–Crippen LogP) is -6.09. The fourth-order valence-electron chi connectivity index (χ4n) is 8.55. The lowest BCUT2D eigenvalue weighted by atomic mass is 9.56. The smallest absolute Gasteiger partial charge is 0.136 e. The number of rotatable bonds is 6. The van der Waals surface area contributed by atoms with Gasteiger partial charge in [0, 0.05) is 27.8 Å². The van der Waals surface area contributed by atoms with Crippen LogP contribution in [0.3, 0.4) is 0 Å². The summed E-state index contributed by atoms with van der Waals surface area (Å²) in [4.78, 5) is 1.80. The van der Waals surface area contributed by atoms with Gasteiger partial charge in [0.1, 0.15) is 137 Å². The first kappa shape index (κ1) is 43.9. The lowest BCUT2D eigenvalue weighted by Crippen LogP contribution is -2.57. The van der Waals surface area contributed by atoms with Gasteiger partial charge in [-0.15, -0.1) is 32.8 Å². The van der Waals surface area contributed by atoms with Gasteiger partial charge in [0.05, 0.1) is 0 Å². The highest BCUT2D eigenvalue weighted by Crippen LogP contribution is 2.37. The van der Waals surface area contributed by atoms with Gasteiger partial charge in [-0.05, 0) is 86.6 Å². The highest BCUT2D eigenvalue weighted by Gasteiger charge is 2.25. The van der Waals surface area contributed by atoms with Crippen molar-refractivity contribution in [3.05, 3.63) is 91.0 Å². The maximum Gasteiger partial charge on any atom is 0.136 e. The number of para-hydroxylation sites is 1. The van der Waals surface area contributed by atoms with Crippen LogP contribution in [0, 0.1) is 0 Å². The van der Waals surface area contributed by atoms with E-state index in [1.165, 1.54) is 0 Å². The average molecular weight is 771 g/mol. The summed E-state index contributed by atoms with van der Waals surface area (Å²) >= 11 is 0. The maximum absolute atomic E-state index is 7.00. The number of anilines is 3. The second-order valence-corrected chi connectivity index (χ2v) is 15.6. The van der Waals surface area contributed by atoms with Gasteiger partial charge in [-0.2, -0.15) is 0 Å². The summed E-state index contributed by atoms with van der Waals surface area (Å²) < 4.78 is 6.18. The lowest BCUT2D eigenvalue weighted by Gasteiger charge is -2.34. The minimum absolute atomic E-state index is 0.0000403. The van der Waals surface area contributed by atoms with Crippen molar-refractivity contribution in [2.24, 2.45) is 0 Å². The molecular weight excluding hydrogens is 756 g/mol. The van der Waals surface area contributed by atoms with E-state index in [0.29, 0.717) is 33.3 Å². The molecule has 1 heterocycles. The number of fused-ring (bicyclic) bond motifs is 4. The third-order valence-corrected chi connectivity index (χ3v) is 12.1. The van der Waals surface area contributed by atoms with E-state index in [0.717, 1.165) is 33.1 Å². The van der Waals surface area contributed by atoms with Gasteiger partial charge < -0.3 is 9.32 Å². The van der Waals surface area contributed by atoms with Crippen molar-refractivity contribution in [3.63, 3.8) is 0 Å². The van der Waals surface area contributed by atoms with Crippen molar-refractivity contribution < 1.29 is 4.42 Å². The van der Waals surface area contributed by atoms with E-state index in [-0.39, 0.29) is 104 Å². The van der Waals surface area contributed by atoms with Crippen molar-refractivity contribution in [2.45, 2.75) is 0 Å². The molecule has 64 heavy (non-hydrogen) atoms. The average Bonchev–Trinajstić information content (AvgIpc) is 3.68. The summed E-state index contributed by atoms with van der Waals surface area (Å²) in [5.74, 6) is 0. The second kappa shape index (κ2) is 16.3. The number of furan rings is 1. The van der Waals surface area contributed by atoms with Crippen LogP contribution in [0.2, 0.25) is 0 Å². The van der Waals surface area contributed by atoms with E-state index < -0.39 is 0 Å². The zero-order valence-corrected chi connectivity index (χ0v) is 34.3. The first-order valence-electron chi connectivity index (χ1n) is 19.7. The molecule has 18 heteroatoms. The quantitative estimate of drug-likeness (QED) is 0.157. The first-order valence-corrected chi connectivity index (χ1v) is 19.7. The molecule has 0 saturated heterocycles. The van der Waals surface area contributed by atoms with Crippen LogP contribution in [0.15, 0.2) is 95.4 Å². The predicted molar refractivity (Wildman–Crippen MR) is 288 cm³/mol. The number of hydrogen-bond donors (Lipinski definition) is 0. The molecule has 0 aliphatic heterocycles. The maximum atomic E-state index is 7.00. The Labute approximate surface area is 394 Å². The lowest BCUT2D eigenvalue weighted by molar-refractivity contribution is 0.669. The van der Waals surface area contributed by atoms with Crippen molar-refractivity contribution >= 4 is 263 Å². The fourth-order valence-corrected chi connectivity index (χ4v) is 8.55. The van der Waals surface area contributed by atoms with Crippen molar-refractivity contribution in [1.82, 2.24) is 0 Å². The Hall–Kier alpha value is -5.34. The Morgan fingerprint density at radius 1 is 0.297 bits per heavy atom. The zero-order chi connectivity index (χ0) is 45.8. The molecule has 1 aromatic heterocycles. The summed E-state index contributed by atoms with van der Waals surface area (Å²) in [6.07, 6.45) is 0. The molecule has 2 nitrogen and oxygen atoms in total. The molecule has 0 aliphatic rings. The van der Waals surface area contributed by atoms with Crippen LogP contribution in [0.25, 0.3) is 66.1 Å². The van der Waals surface area contributed by atoms with E-state index in [9.17, 15) is 0 Å². The van der Waals surface area contributed by atoms with Crippen molar-refractivity contribution in [3.8, 4) is 33.4 Å². The second-order valence-electron chi connectivity index (χ2n) is 15.6. The summed E-state index contributed by atoms with van der Waals surface area (Å²) in [7, 11) is 104. The molecule has 0 bridgehead atoms. The molecule has 9 aromatic rings.